The molecule has 0 amide bonds. The Labute approximate surface area is 176 Å². The van der Waals surface area contributed by atoms with Crippen LogP contribution in [0.1, 0.15) is 48.9 Å². The van der Waals surface area contributed by atoms with Gasteiger partial charge < -0.3 is 14.2 Å². The van der Waals surface area contributed by atoms with E-state index in [0.717, 1.165) is 47.3 Å². The van der Waals surface area contributed by atoms with Gasteiger partial charge in [0.05, 0.1) is 4.92 Å². The van der Waals surface area contributed by atoms with E-state index in [1.807, 2.05) is 20.8 Å². The van der Waals surface area contributed by atoms with Crippen molar-refractivity contribution in [1.82, 2.24) is 0 Å². The molecule has 0 N–H and O–H groups in total. The molecule has 30 heavy (non-hydrogen) atoms. The van der Waals surface area contributed by atoms with Gasteiger partial charge in [-0.1, -0.05) is 6.92 Å². The minimum atomic E-state index is -0.499. The van der Waals surface area contributed by atoms with Crippen LogP contribution in [0.3, 0.4) is 0 Å². The van der Waals surface area contributed by atoms with Crippen LogP contribution < -0.4 is 14.2 Å². The van der Waals surface area contributed by atoms with Gasteiger partial charge in [-0.15, -0.1) is 0 Å². The highest BCUT2D eigenvalue weighted by molar-refractivity contribution is 5.72. The van der Waals surface area contributed by atoms with Crippen LogP contribution in [0.5, 0.6) is 17.2 Å². The van der Waals surface area contributed by atoms with E-state index < -0.39 is 10.5 Å². The van der Waals surface area contributed by atoms with Crippen molar-refractivity contribution in [3.63, 3.8) is 0 Å². The highest BCUT2D eigenvalue weighted by atomic mass is 16.6. The molecule has 1 unspecified atom stereocenters. The monoisotopic (exact) mass is 413 g/mol. The molecule has 0 fully saturated rings. The number of hydrogen-bond acceptors (Lipinski definition) is 6. The number of hydrogen-bond donors (Lipinski definition) is 0. The van der Waals surface area contributed by atoms with E-state index in [-0.39, 0.29) is 11.7 Å². The van der Waals surface area contributed by atoms with Crippen molar-refractivity contribution in [1.29, 1.82) is 0 Å². The molecule has 0 bridgehead atoms. The molecule has 2 aromatic rings. The summed E-state index contributed by atoms with van der Waals surface area (Å²) in [5.74, 6) is 1.68. The summed E-state index contributed by atoms with van der Waals surface area (Å²) in [4.78, 5) is 21.9. The van der Waals surface area contributed by atoms with Gasteiger partial charge in [-0.25, -0.2) is 0 Å². The summed E-state index contributed by atoms with van der Waals surface area (Å²) < 4.78 is 17.9. The number of carbonyl (C=O) groups is 1. The molecule has 2 aromatic carbocycles. The van der Waals surface area contributed by atoms with E-state index in [4.69, 9.17) is 14.2 Å². The lowest BCUT2D eigenvalue weighted by molar-refractivity contribution is -0.384. The number of nitrogens with zero attached hydrogens (tertiary/aromatic N) is 1. The molecular formula is C23H27NO6. The number of nitro groups is 1. The zero-order chi connectivity index (χ0) is 22.1. The van der Waals surface area contributed by atoms with Gasteiger partial charge in [-0.2, -0.15) is 0 Å². The fraction of sp³-hybridized carbons (Fsp3) is 0.435. The number of fused-ring (bicyclic) bond motifs is 1. The van der Waals surface area contributed by atoms with Gasteiger partial charge in [0.2, 0.25) is 0 Å². The Hall–Kier alpha value is -3.09. The first kappa shape index (κ1) is 21.6. The largest absolute Gasteiger partial charge is 0.489 e. The van der Waals surface area contributed by atoms with Crippen LogP contribution in [-0.4, -0.2) is 23.1 Å². The van der Waals surface area contributed by atoms with Crippen molar-refractivity contribution >= 4 is 11.7 Å². The maximum atomic E-state index is 11.5. The van der Waals surface area contributed by atoms with E-state index in [0.29, 0.717) is 18.1 Å². The molecule has 1 aliphatic heterocycles. The van der Waals surface area contributed by atoms with E-state index in [1.165, 1.54) is 19.1 Å². The van der Waals surface area contributed by atoms with Crippen molar-refractivity contribution < 1.29 is 23.9 Å². The molecule has 1 aliphatic rings. The average molecular weight is 413 g/mol. The zero-order valence-electron chi connectivity index (χ0n) is 18.0. The number of rotatable bonds is 6. The standard InChI is InChI=1S/C23H27NO6/c1-6-23(13-28-19-9-7-18(8-10-19)24(26)27)12-11-20-16(4)21(29-17(5)25)14(2)15(3)22(20)30-23/h7-10H,6,11-13H2,1-5H3. The third-order valence-corrected chi connectivity index (χ3v) is 5.90. The van der Waals surface area contributed by atoms with Gasteiger partial charge in [-0.3, -0.25) is 14.9 Å². The highest BCUT2D eigenvalue weighted by Crippen LogP contribution is 2.44. The molecule has 1 heterocycles. The van der Waals surface area contributed by atoms with Crippen molar-refractivity contribution in [2.75, 3.05) is 6.61 Å². The molecule has 0 radical (unpaired) electrons. The summed E-state index contributed by atoms with van der Waals surface area (Å²) in [6.07, 6.45) is 2.29. The van der Waals surface area contributed by atoms with Gasteiger partial charge >= 0.3 is 5.97 Å². The quantitative estimate of drug-likeness (QED) is 0.287. The lowest BCUT2D eigenvalue weighted by Gasteiger charge is -2.39. The highest BCUT2D eigenvalue weighted by Gasteiger charge is 2.38. The summed E-state index contributed by atoms with van der Waals surface area (Å²) in [5, 5.41) is 10.8. The Bertz CT molecular complexity index is 982. The number of ether oxygens (including phenoxy) is 3. The number of benzene rings is 2. The first-order chi connectivity index (χ1) is 14.2. The number of carbonyl (C=O) groups excluding carboxylic acids is 1. The molecule has 160 valence electrons. The normalized spacial score (nSPS) is 17.6. The fourth-order valence-electron chi connectivity index (χ4n) is 3.84. The first-order valence-corrected chi connectivity index (χ1v) is 10.0. The zero-order valence-corrected chi connectivity index (χ0v) is 18.0. The molecular weight excluding hydrogens is 386 g/mol. The van der Waals surface area contributed by atoms with Crippen LogP contribution in [0, 0.1) is 30.9 Å². The molecule has 7 heteroatoms. The minimum absolute atomic E-state index is 0.0283. The smallest absolute Gasteiger partial charge is 0.308 e. The Balaban J connectivity index is 1.85. The van der Waals surface area contributed by atoms with E-state index >= 15 is 0 Å². The average Bonchev–Trinajstić information content (AvgIpc) is 2.73. The molecule has 0 saturated carbocycles. The lowest BCUT2D eigenvalue weighted by Crippen LogP contribution is -2.45. The molecule has 0 saturated heterocycles. The maximum Gasteiger partial charge on any atom is 0.308 e. The van der Waals surface area contributed by atoms with Crippen molar-refractivity contribution in [3.8, 4) is 17.2 Å². The Morgan fingerprint density at radius 1 is 1.17 bits per heavy atom. The number of esters is 1. The number of non-ortho nitro benzene ring substituents is 1. The van der Waals surface area contributed by atoms with Crippen molar-refractivity contribution in [3.05, 3.63) is 56.6 Å². The van der Waals surface area contributed by atoms with Crippen LogP contribution >= 0.6 is 0 Å². The van der Waals surface area contributed by atoms with Crippen LogP contribution in [0.15, 0.2) is 24.3 Å². The lowest BCUT2D eigenvalue weighted by atomic mass is 9.85. The first-order valence-electron chi connectivity index (χ1n) is 10.0. The molecule has 0 spiro atoms. The summed E-state index contributed by atoms with van der Waals surface area (Å²) in [5.41, 5.74) is 3.38. The van der Waals surface area contributed by atoms with Crippen molar-refractivity contribution in [2.45, 2.75) is 59.5 Å². The van der Waals surface area contributed by atoms with E-state index in [1.54, 1.807) is 12.1 Å². The topological polar surface area (TPSA) is 87.9 Å². The second kappa shape index (κ2) is 8.34. The summed E-state index contributed by atoms with van der Waals surface area (Å²) in [7, 11) is 0. The molecule has 0 aliphatic carbocycles. The molecule has 7 nitrogen and oxygen atoms in total. The third-order valence-electron chi connectivity index (χ3n) is 5.90. The maximum absolute atomic E-state index is 11.5. The molecule has 1 atom stereocenters. The summed E-state index contributed by atoms with van der Waals surface area (Å²) in [6.45, 7) is 9.67. The summed E-state index contributed by atoms with van der Waals surface area (Å²) >= 11 is 0. The Morgan fingerprint density at radius 3 is 2.40 bits per heavy atom. The SMILES string of the molecule is CCC1(COc2ccc([N+](=O)[O-])cc2)CCc2c(C)c(OC(C)=O)c(C)c(C)c2O1. The van der Waals surface area contributed by atoms with Gasteiger partial charge in [0.1, 0.15) is 29.5 Å². The minimum Gasteiger partial charge on any atom is -0.489 e. The van der Waals surface area contributed by atoms with Crippen LogP contribution in [0.25, 0.3) is 0 Å². The van der Waals surface area contributed by atoms with Crippen LogP contribution in [-0.2, 0) is 11.2 Å². The predicted molar refractivity (Wildman–Crippen MR) is 113 cm³/mol. The van der Waals surface area contributed by atoms with Gasteiger partial charge in [0.15, 0.2) is 0 Å². The fourth-order valence-corrected chi connectivity index (χ4v) is 3.84. The third kappa shape index (κ3) is 4.10. The second-order valence-electron chi connectivity index (χ2n) is 7.78. The van der Waals surface area contributed by atoms with Gasteiger partial charge in [0, 0.05) is 24.6 Å². The van der Waals surface area contributed by atoms with Gasteiger partial charge in [0.25, 0.3) is 5.69 Å². The van der Waals surface area contributed by atoms with Gasteiger partial charge in [-0.05, 0) is 68.9 Å². The second-order valence-corrected chi connectivity index (χ2v) is 7.78. The van der Waals surface area contributed by atoms with E-state index in [2.05, 4.69) is 6.92 Å². The number of nitro benzene ring substituents is 1. The summed E-state index contributed by atoms with van der Waals surface area (Å²) in [6, 6.07) is 6.06. The Kier molecular flexibility index (Phi) is 6.01. The van der Waals surface area contributed by atoms with Crippen LogP contribution in [0.4, 0.5) is 5.69 Å². The van der Waals surface area contributed by atoms with Crippen LogP contribution in [0.2, 0.25) is 0 Å². The molecule has 3 rings (SSSR count). The predicted octanol–water partition coefficient (Wildman–Crippen LogP) is 5.00. The molecule has 0 aromatic heterocycles. The van der Waals surface area contributed by atoms with E-state index in [9.17, 15) is 14.9 Å². The van der Waals surface area contributed by atoms with Crippen molar-refractivity contribution in [2.24, 2.45) is 0 Å². The Morgan fingerprint density at radius 2 is 1.83 bits per heavy atom.